The number of benzene rings is 6. The largest absolute Gasteiger partial charge is 0.478 e. The summed E-state index contributed by atoms with van der Waals surface area (Å²) in [7, 11) is 12.9. The van der Waals surface area contributed by atoms with Crippen LogP contribution in [0.1, 0.15) is 58.2 Å². The number of aryl methyl sites for hydroxylation is 4. The average Bonchev–Trinajstić information content (AvgIpc) is 1.62. The van der Waals surface area contributed by atoms with Crippen LogP contribution in [0, 0.1) is 11.3 Å². The van der Waals surface area contributed by atoms with Crippen LogP contribution in [0.15, 0.2) is 230 Å². The van der Waals surface area contributed by atoms with Crippen LogP contribution in [0.4, 0.5) is 34.6 Å². The number of aromatic nitrogens is 11. The first-order valence-electron chi connectivity index (χ1n) is 32.6. The second kappa shape index (κ2) is 45.2. The number of halogens is 7. The van der Waals surface area contributed by atoms with Gasteiger partial charge < -0.3 is 41.4 Å². The summed E-state index contributed by atoms with van der Waals surface area (Å²) < 4.78 is 21.1. The molecule has 7 aromatic heterocycles. The van der Waals surface area contributed by atoms with Gasteiger partial charge in [-0.25, -0.2) is 19.2 Å². The molecule has 0 unspecified atom stereocenters. The number of methoxy groups -OCH3 is 3. The lowest BCUT2D eigenvalue weighted by Crippen LogP contribution is -2.13. The highest BCUT2D eigenvalue weighted by Crippen LogP contribution is 2.31. The molecule has 0 saturated carbocycles. The number of carbonyl (C=O) groups is 5. The fourth-order valence-electron chi connectivity index (χ4n) is 9.38. The number of aromatic carboxylic acids is 1. The summed E-state index contributed by atoms with van der Waals surface area (Å²) >= 11 is 38.3. The Balaban J connectivity index is 0.000000207. The molecule has 6 aromatic carbocycles. The predicted octanol–water partition coefficient (Wildman–Crippen LogP) is 17.2. The van der Waals surface area contributed by atoms with Crippen LogP contribution in [0.5, 0.6) is 0 Å². The van der Waals surface area contributed by atoms with Gasteiger partial charge in [0.05, 0.1) is 107 Å². The van der Waals surface area contributed by atoms with Gasteiger partial charge in [0.25, 0.3) is 0 Å². The fourth-order valence-corrected chi connectivity index (χ4v) is 10.9. The van der Waals surface area contributed by atoms with Crippen LogP contribution in [-0.2, 0) is 42.4 Å². The lowest BCUT2D eigenvalue weighted by Gasteiger charge is -2.09. The number of ketones is 1. The van der Waals surface area contributed by atoms with Gasteiger partial charge in [0.2, 0.25) is 0 Å². The van der Waals surface area contributed by atoms with Crippen LogP contribution < -0.4 is 33.4 Å². The molecule has 0 saturated heterocycles. The molecular formula is C78H73BrCl6N18O9. The highest BCUT2D eigenvalue weighted by molar-refractivity contribution is 9.10. The maximum absolute atomic E-state index is 11.8. The third kappa shape index (κ3) is 27.8. The van der Waals surface area contributed by atoms with Crippen LogP contribution >= 0.6 is 85.5 Å². The van der Waals surface area contributed by atoms with E-state index in [9.17, 15) is 29.1 Å². The first-order valence-corrected chi connectivity index (χ1v) is 35.7. The SMILES string of the molecule is CNN.COC(=O)c1cccc(Cl)c1.COC(=O)c1ccncc1Br.COC(=O)c1ccncc1Nc1cc(-c2cccc(Cl)c2)nn1C.Cn1nc(-c2cccc(Cl)c2)cc1N.Cn1nc(-c2cccc(Cl)c2)cc1Nc1cnccc1C(=O)O.Cn1nc(N)cc1-c1cccc(Cl)c1.N#CCC(=O)c1cccc(Cl)c1. The van der Waals surface area contributed by atoms with Gasteiger partial charge in [0, 0.05) is 135 Å². The maximum atomic E-state index is 11.8. The van der Waals surface area contributed by atoms with E-state index in [1.165, 1.54) is 52.2 Å². The molecule has 13 aromatic rings. The zero-order valence-corrected chi connectivity index (χ0v) is 67.1. The Bertz CT molecular complexity index is 5360. The van der Waals surface area contributed by atoms with Gasteiger partial charge in [-0.15, -0.1) is 0 Å². The lowest BCUT2D eigenvalue weighted by molar-refractivity contribution is 0.0591. The normalized spacial score (nSPS) is 9.96. The number of esters is 3. The summed E-state index contributed by atoms with van der Waals surface area (Å²) in [4.78, 5) is 67.9. The van der Waals surface area contributed by atoms with Crippen molar-refractivity contribution in [1.29, 1.82) is 5.26 Å². The number of anilines is 6. The number of hydrogen-bond acceptors (Lipinski definition) is 22. The number of nitrogens with one attached hydrogen (secondary N) is 3. The third-order valence-electron chi connectivity index (χ3n) is 14.7. The van der Waals surface area contributed by atoms with Gasteiger partial charge in [-0.05, 0) is 120 Å². The Morgan fingerprint density at radius 3 is 1.25 bits per heavy atom. The number of carboxylic acid groups (broad SMARTS) is 1. The predicted molar refractivity (Wildman–Crippen MR) is 442 cm³/mol. The second-order valence-corrected chi connectivity index (χ2v) is 26.0. The monoisotopic (exact) mass is 1690 g/mol. The Kier molecular flexibility index (Phi) is 35.9. The molecule has 0 amide bonds. The molecule has 10 N–H and O–H groups in total. The van der Waals surface area contributed by atoms with Crippen molar-refractivity contribution in [2.45, 2.75) is 6.42 Å². The zero-order valence-electron chi connectivity index (χ0n) is 61.0. The van der Waals surface area contributed by atoms with Gasteiger partial charge in [0.1, 0.15) is 23.3 Å². The quantitative estimate of drug-likeness (QED) is 0.0175. The van der Waals surface area contributed by atoms with E-state index >= 15 is 0 Å². The number of hydrazine groups is 1. The van der Waals surface area contributed by atoms with Crippen LogP contribution in [0.3, 0.4) is 0 Å². The van der Waals surface area contributed by atoms with E-state index in [1.807, 2.05) is 136 Å². The first-order chi connectivity index (χ1) is 53.6. The van der Waals surface area contributed by atoms with Crippen LogP contribution in [0.25, 0.3) is 45.0 Å². The van der Waals surface area contributed by atoms with Crippen molar-refractivity contribution in [2.75, 3.05) is 50.5 Å². The van der Waals surface area contributed by atoms with Crippen LogP contribution in [0.2, 0.25) is 30.1 Å². The topological polar surface area (TPSA) is 381 Å². The molecule has 0 fully saturated rings. The van der Waals surface area contributed by atoms with Crippen LogP contribution in [-0.4, -0.2) is 117 Å². The van der Waals surface area contributed by atoms with E-state index in [2.05, 4.69) is 82.7 Å². The number of nitrogen functional groups attached to an aromatic ring is 2. The fraction of sp³-hybridized carbons (Fsp3) is 0.115. The van der Waals surface area contributed by atoms with Gasteiger partial charge >= 0.3 is 23.9 Å². The second-order valence-electron chi connectivity index (χ2n) is 22.6. The maximum Gasteiger partial charge on any atom is 0.340 e. The summed E-state index contributed by atoms with van der Waals surface area (Å²) in [6, 6.07) is 56.9. The summed E-state index contributed by atoms with van der Waals surface area (Å²) in [6.07, 6.45) is 9.00. The number of nitriles is 1. The molecule has 0 atom stereocenters. The molecule has 7 heterocycles. The minimum Gasteiger partial charge on any atom is -0.478 e. The number of nitrogens with zero attached hydrogens (tertiary/aromatic N) is 12. The van der Waals surface area contributed by atoms with Crippen molar-refractivity contribution in [3.8, 4) is 51.1 Å². The molecular weight excluding hydrogens is 1630 g/mol. The van der Waals surface area contributed by atoms with Crippen molar-refractivity contribution in [3.63, 3.8) is 0 Å². The minimum absolute atomic E-state index is 0.0969. The number of Topliss-reactive ketones (excluding diaryl/α,β-unsaturated/α-hetero) is 1. The molecule has 0 aliphatic carbocycles. The first kappa shape index (κ1) is 88.9. The van der Waals surface area contributed by atoms with Crippen molar-refractivity contribution >= 4 is 150 Å². The average molecular weight is 1700 g/mol. The van der Waals surface area contributed by atoms with E-state index < -0.39 is 11.9 Å². The zero-order chi connectivity index (χ0) is 82.0. The molecule has 0 radical (unpaired) electrons. The molecule has 0 spiro atoms. The van der Waals surface area contributed by atoms with Gasteiger partial charge in [-0.3, -0.25) is 49.7 Å². The number of carbonyl (C=O) groups excluding carboxylic acids is 4. The van der Waals surface area contributed by atoms with Crippen molar-refractivity contribution in [1.82, 2.24) is 59.5 Å². The van der Waals surface area contributed by atoms with Gasteiger partial charge in [-0.2, -0.15) is 25.7 Å². The lowest BCUT2D eigenvalue weighted by atomic mass is 10.1. The molecule has 34 heteroatoms. The number of nitrogens with two attached hydrogens (primary N) is 3. The smallest absolute Gasteiger partial charge is 0.340 e. The minimum atomic E-state index is -1.02. The summed E-state index contributed by atoms with van der Waals surface area (Å²) in [5, 5.41) is 44.6. The number of hydrogen-bond donors (Lipinski definition) is 7. The van der Waals surface area contributed by atoms with Crippen molar-refractivity contribution < 1.29 is 43.3 Å². The van der Waals surface area contributed by atoms with Crippen molar-refractivity contribution in [3.05, 3.63) is 288 Å². The Hall–Kier alpha value is -12.0. The molecule has 0 aliphatic heterocycles. The van der Waals surface area contributed by atoms with E-state index in [0.29, 0.717) is 91.5 Å². The number of rotatable bonds is 14. The highest BCUT2D eigenvalue weighted by atomic mass is 79.9. The number of ether oxygens (including phenoxy) is 3. The Morgan fingerprint density at radius 2 is 0.848 bits per heavy atom. The summed E-state index contributed by atoms with van der Waals surface area (Å²) in [5.41, 5.74) is 23.6. The van der Waals surface area contributed by atoms with E-state index in [0.717, 1.165) is 45.0 Å². The molecule has 0 aliphatic rings. The number of pyridine rings is 3. The van der Waals surface area contributed by atoms with E-state index in [4.69, 9.17) is 91.1 Å². The molecule has 13 rings (SSSR count). The van der Waals surface area contributed by atoms with E-state index in [1.54, 1.807) is 118 Å². The Morgan fingerprint density at radius 1 is 0.473 bits per heavy atom. The standard InChI is InChI=1S/C17H15ClN4O2.C16H13ClN4O2.2C10H10ClN3.C9H6ClNO.C8H7ClO2.C7H6BrNO2.CH6N2/c1-22-16(9-14(21-22)11-4-3-5-12(18)8-11)20-15-10-19-7-6-13(15)17(23)24-2;1-21-15(19-14-9-18-6-5-12(14)16(22)23)8-13(20-21)10-3-2-4-11(17)7-10;1-14-9(6-10(12)13-14)7-3-2-4-8(11)5-7;1-14-10(12)6-9(13-14)7-3-2-4-8(11)5-7;10-8-3-1-2-7(6-8)9(12)4-5-11;1-11-8(10)6-3-2-4-7(9)5-6;1-11-7(10)5-2-3-9-4-6(5)8;1-3-2/h3-10,20H,1-2H3;2-9,19H,1H3,(H,22,23);2-6H,1H3,(H2,12,13);2-6H,12H2,1H3;1-3,6H,4H2;2-5H,1H3;2-4H,1H3;3H,2H2,1H3. The molecule has 0 bridgehead atoms. The third-order valence-corrected chi connectivity index (χ3v) is 16.7. The number of carboxylic acids is 1. The van der Waals surface area contributed by atoms with Crippen molar-refractivity contribution in [2.24, 2.45) is 34.0 Å². The molecule has 578 valence electrons. The molecule has 112 heavy (non-hydrogen) atoms. The highest BCUT2D eigenvalue weighted by Gasteiger charge is 2.17. The van der Waals surface area contributed by atoms with E-state index in [-0.39, 0.29) is 29.7 Å². The Labute approximate surface area is 682 Å². The van der Waals surface area contributed by atoms with Gasteiger partial charge in [-0.1, -0.05) is 136 Å². The van der Waals surface area contributed by atoms with Gasteiger partial charge in [0.15, 0.2) is 5.78 Å². The molecule has 27 nitrogen and oxygen atoms in total. The summed E-state index contributed by atoms with van der Waals surface area (Å²) in [5.74, 6) is 4.73. The summed E-state index contributed by atoms with van der Waals surface area (Å²) in [6.45, 7) is 0.